The normalized spacial score (nSPS) is 11.7. The Hall–Kier alpha value is -2.62. The van der Waals surface area contributed by atoms with E-state index in [-0.39, 0.29) is 5.91 Å². The van der Waals surface area contributed by atoms with Crippen LogP contribution in [0.25, 0.3) is 0 Å². The highest BCUT2D eigenvalue weighted by atomic mass is 16.4. The number of benzene rings is 2. The van der Waals surface area contributed by atoms with Crippen molar-refractivity contribution < 1.29 is 14.7 Å². The average Bonchev–Trinajstić information content (AvgIpc) is 2.52. The van der Waals surface area contributed by atoms with Gasteiger partial charge in [0.05, 0.1) is 0 Å². The van der Waals surface area contributed by atoms with Crippen molar-refractivity contribution in [3.8, 4) is 0 Å². The minimum Gasteiger partial charge on any atom is -0.479 e. The molecule has 21 heavy (non-hydrogen) atoms. The second-order valence-corrected chi connectivity index (χ2v) is 4.67. The van der Waals surface area contributed by atoms with Crippen LogP contribution in [-0.2, 0) is 11.2 Å². The summed E-state index contributed by atoms with van der Waals surface area (Å²) in [5.41, 5.74) is 1.96. The van der Waals surface area contributed by atoms with E-state index in [2.05, 4.69) is 5.32 Å². The van der Waals surface area contributed by atoms with Crippen LogP contribution in [0, 0.1) is 0 Å². The van der Waals surface area contributed by atoms with Crippen molar-refractivity contribution in [3.05, 3.63) is 71.3 Å². The Labute approximate surface area is 123 Å². The summed E-state index contributed by atoms with van der Waals surface area (Å²) in [7, 11) is 0. The molecule has 2 rings (SSSR count). The predicted molar refractivity (Wildman–Crippen MR) is 80.1 cm³/mol. The quantitative estimate of drug-likeness (QED) is 0.886. The van der Waals surface area contributed by atoms with Crippen molar-refractivity contribution in [2.45, 2.75) is 19.4 Å². The Bertz CT molecular complexity index is 637. The summed E-state index contributed by atoms with van der Waals surface area (Å²) < 4.78 is 0. The van der Waals surface area contributed by atoms with Crippen LogP contribution in [0.4, 0.5) is 0 Å². The molecule has 0 heterocycles. The van der Waals surface area contributed by atoms with Gasteiger partial charge in [-0.1, -0.05) is 55.5 Å². The highest BCUT2D eigenvalue weighted by molar-refractivity contribution is 5.98. The van der Waals surface area contributed by atoms with Crippen LogP contribution in [0.15, 0.2) is 54.6 Å². The molecule has 0 aromatic heterocycles. The number of aliphatic carboxylic acids is 1. The minimum atomic E-state index is -1.08. The zero-order valence-corrected chi connectivity index (χ0v) is 11.7. The van der Waals surface area contributed by atoms with Crippen LogP contribution in [-0.4, -0.2) is 17.0 Å². The number of hydrogen-bond acceptors (Lipinski definition) is 2. The molecule has 0 aliphatic carbocycles. The Morgan fingerprint density at radius 1 is 1.05 bits per heavy atom. The molecule has 0 bridgehead atoms. The first kappa shape index (κ1) is 14.8. The number of rotatable bonds is 5. The summed E-state index contributed by atoms with van der Waals surface area (Å²) in [5, 5.41) is 11.9. The van der Waals surface area contributed by atoms with Gasteiger partial charge in [-0.05, 0) is 23.6 Å². The van der Waals surface area contributed by atoms with E-state index in [0.717, 1.165) is 5.56 Å². The molecule has 108 valence electrons. The van der Waals surface area contributed by atoms with Gasteiger partial charge in [0.15, 0.2) is 6.04 Å². The van der Waals surface area contributed by atoms with Crippen molar-refractivity contribution in [3.63, 3.8) is 0 Å². The molecule has 2 aromatic rings. The summed E-state index contributed by atoms with van der Waals surface area (Å²) in [5.74, 6) is -1.45. The smallest absolute Gasteiger partial charge is 0.330 e. The molecule has 0 spiro atoms. The van der Waals surface area contributed by atoms with Crippen LogP contribution < -0.4 is 5.32 Å². The SMILES string of the molecule is CCc1ccccc1C(=O)N[C@@H](C(=O)O)c1ccccc1. The molecule has 2 aromatic carbocycles. The zero-order chi connectivity index (χ0) is 15.2. The Morgan fingerprint density at radius 3 is 2.29 bits per heavy atom. The summed E-state index contributed by atoms with van der Waals surface area (Å²) in [6, 6.07) is 14.8. The third-order valence-electron chi connectivity index (χ3n) is 3.30. The molecule has 0 aliphatic rings. The maximum Gasteiger partial charge on any atom is 0.330 e. The number of carbonyl (C=O) groups excluding carboxylic acids is 1. The van der Waals surface area contributed by atoms with Crippen molar-refractivity contribution in [1.29, 1.82) is 0 Å². The van der Waals surface area contributed by atoms with E-state index in [1.54, 1.807) is 42.5 Å². The van der Waals surface area contributed by atoms with Gasteiger partial charge >= 0.3 is 5.97 Å². The standard InChI is InChI=1S/C17H17NO3/c1-2-12-8-6-7-11-14(12)16(19)18-15(17(20)21)13-9-4-3-5-10-13/h3-11,15H,2H2,1H3,(H,18,19)(H,20,21)/t15-/m1/s1. The summed E-state index contributed by atoms with van der Waals surface area (Å²) >= 11 is 0. The van der Waals surface area contributed by atoms with Crippen LogP contribution in [0.3, 0.4) is 0 Å². The third-order valence-corrected chi connectivity index (χ3v) is 3.30. The molecule has 0 unspecified atom stereocenters. The van der Waals surface area contributed by atoms with E-state index in [1.165, 1.54) is 0 Å². The van der Waals surface area contributed by atoms with Crippen molar-refractivity contribution in [2.75, 3.05) is 0 Å². The first-order valence-corrected chi connectivity index (χ1v) is 6.80. The Balaban J connectivity index is 2.25. The number of carboxylic acid groups (broad SMARTS) is 1. The maximum atomic E-state index is 12.3. The van der Waals surface area contributed by atoms with Gasteiger partial charge in [-0.2, -0.15) is 0 Å². The summed E-state index contributed by atoms with van der Waals surface area (Å²) in [6.45, 7) is 1.96. The number of aryl methyl sites for hydroxylation is 1. The number of nitrogens with one attached hydrogen (secondary N) is 1. The van der Waals surface area contributed by atoms with E-state index >= 15 is 0 Å². The second kappa shape index (κ2) is 6.70. The van der Waals surface area contributed by atoms with E-state index in [1.807, 2.05) is 19.1 Å². The molecule has 4 heteroatoms. The first-order valence-electron chi connectivity index (χ1n) is 6.80. The number of carboxylic acids is 1. The molecule has 0 saturated heterocycles. The third kappa shape index (κ3) is 3.48. The molecular formula is C17H17NO3. The fraction of sp³-hybridized carbons (Fsp3) is 0.176. The molecule has 0 aliphatic heterocycles. The molecule has 2 N–H and O–H groups in total. The van der Waals surface area contributed by atoms with Crippen LogP contribution in [0.2, 0.25) is 0 Å². The van der Waals surface area contributed by atoms with Gasteiger partial charge in [-0.25, -0.2) is 4.79 Å². The lowest BCUT2D eigenvalue weighted by atomic mass is 10.0. The first-order chi connectivity index (χ1) is 10.1. The van der Waals surface area contributed by atoms with E-state index in [4.69, 9.17) is 0 Å². The topological polar surface area (TPSA) is 66.4 Å². The van der Waals surface area contributed by atoms with Gasteiger partial charge in [-0.15, -0.1) is 0 Å². The van der Waals surface area contributed by atoms with E-state index < -0.39 is 12.0 Å². The van der Waals surface area contributed by atoms with Crippen molar-refractivity contribution in [2.24, 2.45) is 0 Å². The van der Waals surface area contributed by atoms with Gasteiger partial charge in [0.25, 0.3) is 5.91 Å². The molecule has 1 atom stereocenters. The number of carbonyl (C=O) groups is 2. The highest BCUT2D eigenvalue weighted by Gasteiger charge is 2.23. The lowest BCUT2D eigenvalue weighted by Crippen LogP contribution is -2.34. The molecule has 1 amide bonds. The molecule has 0 saturated carbocycles. The number of amides is 1. The fourth-order valence-corrected chi connectivity index (χ4v) is 2.19. The zero-order valence-electron chi connectivity index (χ0n) is 11.7. The number of hydrogen-bond donors (Lipinski definition) is 2. The van der Waals surface area contributed by atoms with Gasteiger partial charge < -0.3 is 10.4 Å². The predicted octanol–water partition coefficient (Wildman–Crippen LogP) is 2.80. The fourth-order valence-electron chi connectivity index (χ4n) is 2.19. The molecule has 4 nitrogen and oxygen atoms in total. The van der Waals surface area contributed by atoms with E-state index in [9.17, 15) is 14.7 Å². The molecule has 0 fully saturated rings. The lowest BCUT2D eigenvalue weighted by molar-refractivity contribution is -0.139. The van der Waals surface area contributed by atoms with Crippen LogP contribution in [0.1, 0.15) is 34.5 Å². The summed E-state index contributed by atoms with van der Waals surface area (Å²) in [6.07, 6.45) is 0.715. The average molecular weight is 283 g/mol. The van der Waals surface area contributed by atoms with Crippen molar-refractivity contribution >= 4 is 11.9 Å². The van der Waals surface area contributed by atoms with Gasteiger partial charge in [0.2, 0.25) is 0 Å². The monoisotopic (exact) mass is 283 g/mol. The minimum absolute atomic E-state index is 0.372. The Morgan fingerprint density at radius 2 is 1.67 bits per heavy atom. The molecule has 0 radical (unpaired) electrons. The molecular weight excluding hydrogens is 266 g/mol. The van der Waals surface area contributed by atoms with Gasteiger partial charge in [-0.3, -0.25) is 4.79 Å². The van der Waals surface area contributed by atoms with E-state index in [0.29, 0.717) is 17.5 Å². The highest BCUT2D eigenvalue weighted by Crippen LogP contribution is 2.15. The van der Waals surface area contributed by atoms with Gasteiger partial charge in [0, 0.05) is 5.56 Å². The van der Waals surface area contributed by atoms with Gasteiger partial charge in [0.1, 0.15) is 0 Å². The maximum absolute atomic E-state index is 12.3. The van der Waals surface area contributed by atoms with Crippen molar-refractivity contribution in [1.82, 2.24) is 5.32 Å². The van der Waals surface area contributed by atoms with Crippen LogP contribution in [0.5, 0.6) is 0 Å². The second-order valence-electron chi connectivity index (χ2n) is 4.67. The lowest BCUT2D eigenvalue weighted by Gasteiger charge is -2.16. The van der Waals surface area contributed by atoms with Crippen LogP contribution >= 0.6 is 0 Å². The summed E-state index contributed by atoms with van der Waals surface area (Å²) in [4.78, 5) is 23.7. The largest absolute Gasteiger partial charge is 0.479 e. The Kier molecular flexibility index (Phi) is 4.72.